The molecule has 1 N–H and O–H groups in total. The predicted octanol–water partition coefficient (Wildman–Crippen LogP) is 3.26. The number of rotatable bonds is 6. The molecule has 0 bridgehead atoms. The van der Waals surface area contributed by atoms with Gasteiger partial charge in [-0.2, -0.15) is 5.10 Å². The minimum atomic E-state index is -0.766. The molecular formula is C17H22N2O2. The number of carboxylic acid groups (broad SMARTS) is 1. The third-order valence-electron chi connectivity index (χ3n) is 3.73. The van der Waals surface area contributed by atoms with Crippen LogP contribution >= 0.6 is 0 Å². The van der Waals surface area contributed by atoms with Crippen LogP contribution in [0.15, 0.2) is 36.5 Å². The zero-order chi connectivity index (χ0) is 15.4. The van der Waals surface area contributed by atoms with E-state index < -0.39 is 11.9 Å². The van der Waals surface area contributed by atoms with Crippen molar-refractivity contribution in [3.8, 4) is 0 Å². The Morgan fingerprint density at radius 1 is 1.24 bits per heavy atom. The number of carboxylic acids is 1. The van der Waals surface area contributed by atoms with Gasteiger partial charge in [0.1, 0.15) is 0 Å². The number of aryl methyl sites for hydroxylation is 1. The van der Waals surface area contributed by atoms with Gasteiger partial charge >= 0.3 is 5.97 Å². The molecular weight excluding hydrogens is 264 g/mol. The Morgan fingerprint density at radius 3 is 2.52 bits per heavy atom. The van der Waals surface area contributed by atoms with Gasteiger partial charge in [-0.25, -0.2) is 0 Å². The third-order valence-corrected chi connectivity index (χ3v) is 3.73. The topological polar surface area (TPSA) is 55.1 Å². The van der Waals surface area contributed by atoms with E-state index in [9.17, 15) is 9.90 Å². The lowest BCUT2D eigenvalue weighted by Crippen LogP contribution is -2.20. The first-order valence-electron chi connectivity index (χ1n) is 7.28. The highest BCUT2D eigenvalue weighted by molar-refractivity contribution is 5.70. The predicted molar refractivity (Wildman–Crippen MR) is 82.3 cm³/mol. The fourth-order valence-corrected chi connectivity index (χ4v) is 2.38. The van der Waals surface area contributed by atoms with E-state index in [1.54, 1.807) is 0 Å². The number of hydrogen-bond acceptors (Lipinski definition) is 2. The third kappa shape index (κ3) is 3.94. The fourth-order valence-electron chi connectivity index (χ4n) is 2.38. The van der Waals surface area contributed by atoms with Crippen LogP contribution < -0.4 is 0 Å². The van der Waals surface area contributed by atoms with Crippen LogP contribution in [0.2, 0.25) is 0 Å². The zero-order valence-electron chi connectivity index (χ0n) is 12.8. The lowest BCUT2D eigenvalue weighted by molar-refractivity contribution is -0.141. The van der Waals surface area contributed by atoms with E-state index in [1.807, 2.05) is 48.1 Å². The molecule has 0 aliphatic rings. The van der Waals surface area contributed by atoms with Crippen molar-refractivity contribution in [1.82, 2.24) is 9.78 Å². The minimum absolute atomic E-state index is 0.290. The molecule has 1 aromatic heterocycles. The summed E-state index contributed by atoms with van der Waals surface area (Å²) in [6, 6.07) is 10.1. The summed E-state index contributed by atoms with van der Waals surface area (Å²) in [5.74, 6) is -1.21. The molecule has 2 rings (SSSR count). The van der Waals surface area contributed by atoms with Gasteiger partial charge in [0, 0.05) is 18.7 Å². The van der Waals surface area contributed by atoms with E-state index in [0.29, 0.717) is 18.9 Å². The normalized spacial score (nSPS) is 12.6. The number of aliphatic carboxylic acids is 1. The van der Waals surface area contributed by atoms with Gasteiger partial charge in [-0.3, -0.25) is 9.48 Å². The number of nitrogens with zero attached hydrogens (tertiary/aromatic N) is 2. The number of aromatic nitrogens is 2. The average Bonchev–Trinajstić information content (AvgIpc) is 2.89. The quantitative estimate of drug-likeness (QED) is 0.886. The first-order valence-corrected chi connectivity index (χ1v) is 7.28. The van der Waals surface area contributed by atoms with Gasteiger partial charge in [-0.1, -0.05) is 24.3 Å². The van der Waals surface area contributed by atoms with Gasteiger partial charge in [-0.15, -0.1) is 0 Å². The average molecular weight is 286 g/mol. The summed E-state index contributed by atoms with van der Waals surface area (Å²) in [7, 11) is 0. The van der Waals surface area contributed by atoms with Crippen molar-refractivity contribution < 1.29 is 9.90 Å². The smallest absolute Gasteiger partial charge is 0.307 e. The van der Waals surface area contributed by atoms with Crippen LogP contribution in [-0.2, 0) is 17.6 Å². The molecule has 1 heterocycles. The summed E-state index contributed by atoms with van der Waals surface area (Å²) in [4.78, 5) is 11.5. The molecule has 21 heavy (non-hydrogen) atoms. The molecule has 1 aromatic carbocycles. The SMILES string of the molecule is Cc1ccccc1CC(Cc1ccn(C(C)C)n1)C(=O)O. The zero-order valence-corrected chi connectivity index (χ0v) is 12.8. The maximum absolute atomic E-state index is 11.5. The number of hydrogen-bond donors (Lipinski definition) is 1. The van der Waals surface area contributed by atoms with Crippen molar-refractivity contribution in [2.24, 2.45) is 5.92 Å². The molecule has 1 unspecified atom stereocenters. The summed E-state index contributed by atoms with van der Waals surface area (Å²) in [5.41, 5.74) is 3.06. The Kier molecular flexibility index (Phi) is 4.78. The van der Waals surface area contributed by atoms with Crippen molar-refractivity contribution in [1.29, 1.82) is 0 Å². The second kappa shape index (κ2) is 6.57. The first kappa shape index (κ1) is 15.3. The highest BCUT2D eigenvalue weighted by Crippen LogP contribution is 2.17. The summed E-state index contributed by atoms with van der Waals surface area (Å²) in [6.45, 7) is 6.12. The van der Waals surface area contributed by atoms with Gasteiger partial charge in [0.25, 0.3) is 0 Å². The van der Waals surface area contributed by atoms with E-state index in [-0.39, 0.29) is 0 Å². The Bertz CT molecular complexity index is 617. The molecule has 0 aliphatic carbocycles. The van der Waals surface area contributed by atoms with Crippen LogP contribution in [-0.4, -0.2) is 20.9 Å². The van der Waals surface area contributed by atoms with Gasteiger partial charge < -0.3 is 5.11 Å². The first-order chi connectivity index (χ1) is 9.97. The van der Waals surface area contributed by atoms with Crippen LogP contribution in [0.4, 0.5) is 0 Å². The van der Waals surface area contributed by atoms with Crippen molar-refractivity contribution in [3.05, 3.63) is 53.3 Å². The molecule has 0 fully saturated rings. The second-order valence-electron chi connectivity index (χ2n) is 5.75. The number of benzene rings is 1. The Hall–Kier alpha value is -2.10. The largest absolute Gasteiger partial charge is 0.481 e. The molecule has 2 aromatic rings. The van der Waals surface area contributed by atoms with Crippen LogP contribution in [0.5, 0.6) is 0 Å². The lowest BCUT2D eigenvalue weighted by Gasteiger charge is -2.13. The molecule has 0 saturated heterocycles. The van der Waals surface area contributed by atoms with Crippen molar-refractivity contribution in [2.45, 2.75) is 39.7 Å². The van der Waals surface area contributed by atoms with Crippen LogP contribution in [0.1, 0.15) is 36.7 Å². The van der Waals surface area contributed by atoms with E-state index in [2.05, 4.69) is 18.9 Å². The monoisotopic (exact) mass is 286 g/mol. The second-order valence-corrected chi connectivity index (χ2v) is 5.75. The molecule has 0 amide bonds. The standard InChI is InChI=1S/C17H22N2O2/c1-12(2)19-9-8-16(18-19)11-15(17(20)21)10-14-7-5-4-6-13(14)3/h4-9,12,15H,10-11H2,1-3H3,(H,20,21). The minimum Gasteiger partial charge on any atom is -0.481 e. The van der Waals surface area contributed by atoms with Gasteiger partial charge in [0.05, 0.1) is 11.6 Å². The molecule has 0 aliphatic heterocycles. The molecule has 0 saturated carbocycles. The van der Waals surface area contributed by atoms with Gasteiger partial charge in [-0.05, 0) is 44.4 Å². The molecule has 0 spiro atoms. The van der Waals surface area contributed by atoms with E-state index in [1.165, 1.54) is 0 Å². The summed E-state index contributed by atoms with van der Waals surface area (Å²) in [5, 5.41) is 13.9. The molecule has 112 valence electrons. The molecule has 0 radical (unpaired) electrons. The Morgan fingerprint density at radius 2 is 1.95 bits per heavy atom. The molecule has 1 atom stereocenters. The lowest BCUT2D eigenvalue weighted by atomic mass is 9.93. The molecule has 4 heteroatoms. The van der Waals surface area contributed by atoms with Gasteiger partial charge in [0.15, 0.2) is 0 Å². The van der Waals surface area contributed by atoms with E-state index in [4.69, 9.17) is 0 Å². The summed E-state index contributed by atoms with van der Waals surface area (Å²) >= 11 is 0. The van der Waals surface area contributed by atoms with Crippen LogP contribution in [0.3, 0.4) is 0 Å². The Balaban J connectivity index is 2.12. The highest BCUT2D eigenvalue weighted by atomic mass is 16.4. The van der Waals surface area contributed by atoms with E-state index >= 15 is 0 Å². The summed E-state index contributed by atoms with van der Waals surface area (Å²) < 4.78 is 1.86. The van der Waals surface area contributed by atoms with Crippen molar-refractivity contribution >= 4 is 5.97 Å². The fraction of sp³-hybridized carbons (Fsp3) is 0.412. The summed E-state index contributed by atoms with van der Waals surface area (Å²) in [6.07, 6.45) is 2.91. The number of carbonyl (C=O) groups is 1. The maximum atomic E-state index is 11.5. The van der Waals surface area contributed by atoms with Gasteiger partial charge in [0.2, 0.25) is 0 Å². The van der Waals surface area contributed by atoms with Crippen LogP contribution in [0, 0.1) is 12.8 Å². The highest BCUT2D eigenvalue weighted by Gasteiger charge is 2.20. The Labute approximate surface area is 125 Å². The van der Waals surface area contributed by atoms with Crippen LogP contribution in [0.25, 0.3) is 0 Å². The van der Waals surface area contributed by atoms with Crippen molar-refractivity contribution in [3.63, 3.8) is 0 Å². The maximum Gasteiger partial charge on any atom is 0.307 e. The van der Waals surface area contributed by atoms with E-state index in [0.717, 1.165) is 16.8 Å². The molecule has 4 nitrogen and oxygen atoms in total. The van der Waals surface area contributed by atoms with Crippen molar-refractivity contribution in [2.75, 3.05) is 0 Å².